The highest BCUT2D eigenvalue weighted by molar-refractivity contribution is 5.76. The predicted molar refractivity (Wildman–Crippen MR) is 94.4 cm³/mol. The first-order valence-corrected chi connectivity index (χ1v) is 7.87. The molecule has 8 nitrogen and oxygen atoms in total. The van der Waals surface area contributed by atoms with Gasteiger partial charge < -0.3 is 9.88 Å². The molecule has 1 N–H and O–H groups in total. The minimum absolute atomic E-state index is 0.0937. The third-order valence-electron chi connectivity index (χ3n) is 4.24. The van der Waals surface area contributed by atoms with Gasteiger partial charge in [0, 0.05) is 20.6 Å². The molecule has 3 aromatic rings. The fraction of sp³-hybridized carbons (Fsp3) is 0.294. The van der Waals surface area contributed by atoms with Crippen LogP contribution in [0, 0.1) is 11.3 Å². The average Bonchev–Trinajstić information content (AvgIpc) is 2.99. The van der Waals surface area contributed by atoms with E-state index in [0.29, 0.717) is 0 Å². The van der Waals surface area contributed by atoms with E-state index in [2.05, 4.69) is 10.3 Å². The van der Waals surface area contributed by atoms with Gasteiger partial charge >= 0.3 is 5.69 Å². The Balaban J connectivity index is 2.05. The lowest BCUT2D eigenvalue weighted by molar-refractivity contribution is 0.679. The molecule has 25 heavy (non-hydrogen) atoms. The Morgan fingerprint density at radius 3 is 2.60 bits per heavy atom. The number of anilines is 1. The highest BCUT2D eigenvalue weighted by Gasteiger charge is 2.16. The summed E-state index contributed by atoms with van der Waals surface area (Å²) in [5.74, 6) is 0.964. The predicted octanol–water partition coefficient (Wildman–Crippen LogP) is 0.937. The molecule has 0 saturated heterocycles. The van der Waals surface area contributed by atoms with Gasteiger partial charge in [-0.05, 0) is 19.1 Å². The van der Waals surface area contributed by atoms with Gasteiger partial charge in [-0.25, -0.2) is 9.78 Å². The summed E-state index contributed by atoms with van der Waals surface area (Å²) in [7, 11) is 2.87. The lowest BCUT2D eigenvalue weighted by atomic mass is 10.3. The molecule has 3 rings (SSSR count). The molecule has 0 bridgehead atoms. The standard InChI is InChI=1S/C17H18N6O2/c1-4-23-13-8-6-5-7-12(13)20-14(23)10-19-15-11(9-18)16(24)22(3)17(25)21(15)2/h5-8,19H,4,10H2,1-3H3. The normalized spacial score (nSPS) is 10.8. The quantitative estimate of drug-likeness (QED) is 0.763. The second-order valence-electron chi connectivity index (χ2n) is 5.66. The molecule has 0 amide bonds. The third-order valence-corrected chi connectivity index (χ3v) is 4.24. The molecule has 0 aliphatic carbocycles. The van der Waals surface area contributed by atoms with Gasteiger partial charge in [0.25, 0.3) is 5.56 Å². The number of nitriles is 1. The van der Waals surface area contributed by atoms with Crippen LogP contribution < -0.4 is 16.6 Å². The van der Waals surface area contributed by atoms with Gasteiger partial charge in [-0.1, -0.05) is 12.1 Å². The molecular formula is C17H18N6O2. The Morgan fingerprint density at radius 1 is 1.20 bits per heavy atom. The van der Waals surface area contributed by atoms with Crippen molar-refractivity contribution in [3.8, 4) is 6.07 Å². The van der Waals surface area contributed by atoms with Crippen molar-refractivity contribution in [2.75, 3.05) is 5.32 Å². The van der Waals surface area contributed by atoms with Gasteiger partial charge in [-0.3, -0.25) is 13.9 Å². The summed E-state index contributed by atoms with van der Waals surface area (Å²) < 4.78 is 4.23. The average molecular weight is 338 g/mol. The zero-order valence-corrected chi connectivity index (χ0v) is 14.3. The number of aromatic nitrogens is 4. The zero-order valence-electron chi connectivity index (χ0n) is 14.3. The van der Waals surface area contributed by atoms with Crippen LogP contribution in [-0.2, 0) is 27.2 Å². The largest absolute Gasteiger partial charge is 0.363 e. The van der Waals surface area contributed by atoms with Gasteiger partial charge in [-0.15, -0.1) is 0 Å². The summed E-state index contributed by atoms with van der Waals surface area (Å²) in [4.78, 5) is 28.8. The maximum atomic E-state index is 12.1. The molecule has 0 fully saturated rings. The fourth-order valence-corrected chi connectivity index (χ4v) is 2.93. The summed E-state index contributed by atoms with van der Waals surface area (Å²) >= 11 is 0. The molecule has 128 valence electrons. The highest BCUT2D eigenvalue weighted by Crippen LogP contribution is 2.17. The van der Waals surface area contributed by atoms with Crippen LogP contribution in [0.15, 0.2) is 33.9 Å². The van der Waals surface area contributed by atoms with Crippen LogP contribution >= 0.6 is 0 Å². The number of aryl methyl sites for hydroxylation is 1. The van der Waals surface area contributed by atoms with E-state index in [0.717, 1.165) is 28.0 Å². The van der Waals surface area contributed by atoms with Crippen molar-refractivity contribution in [3.05, 3.63) is 56.5 Å². The second-order valence-corrected chi connectivity index (χ2v) is 5.66. The first-order chi connectivity index (χ1) is 12.0. The van der Waals surface area contributed by atoms with Gasteiger partial charge in [-0.2, -0.15) is 5.26 Å². The van der Waals surface area contributed by atoms with Crippen LogP contribution in [0.3, 0.4) is 0 Å². The fourth-order valence-electron chi connectivity index (χ4n) is 2.93. The van der Waals surface area contributed by atoms with E-state index >= 15 is 0 Å². The third kappa shape index (κ3) is 2.59. The molecule has 1 aromatic carbocycles. The van der Waals surface area contributed by atoms with E-state index in [-0.39, 0.29) is 17.9 Å². The van der Waals surface area contributed by atoms with Crippen molar-refractivity contribution in [1.29, 1.82) is 5.26 Å². The minimum atomic E-state index is -0.614. The monoisotopic (exact) mass is 338 g/mol. The Labute approximate surface area is 143 Å². The Bertz CT molecular complexity index is 1110. The van der Waals surface area contributed by atoms with E-state index in [1.807, 2.05) is 41.8 Å². The minimum Gasteiger partial charge on any atom is -0.363 e. The maximum Gasteiger partial charge on any atom is 0.332 e. The molecule has 0 radical (unpaired) electrons. The molecule has 2 aromatic heterocycles. The van der Waals surface area contributed by atoms with Gasteiger partial charge in [0.2, 0.25) is 0 Å². The Kier molecular flexibility index (Phi) is 4.15. The van der Waals surface area contributed by atoms with Crippen molar-refractivity contribution in [2.45, 2.75) is 20.0 Å². The first-order valence-electron chi connectivity index (χ1n) is 7.87. The van der Waals surface area contributed by atoms with E-state index < -0.39 is 11.2 Å². The van der Waals surface area contributed by atoms with Crippen LogP contribution in [0.25, 0.3) is 11.0 Å². The highest BCUT2D eigenvalue weighted by atomic mass is 16.2. The summed E-state index contributed by atoms with van der Waals surface area (Å²) in [5, 5.41) is 12.3. The van der Waals surface area contributed by atoms with E-state index in [1.54, 1.807) is 0 Å². The number of fused-ring (bicyclic) bond motifs is 1. The van der Waals surface area contributed by atoms with E-state index in [9.17, 15) is 14.9 Å². The summed E-state index contributed by atoms with van der Waals surface area (Å²) in [6.07, 6.45) is 0. The molecule has 0 atom stereocenters. The zero-order chi connectivity index (χ0) is 18.1. The summed E-state index contributed by atoms with van der Waals surface area (Å²) in [6.45, 7) is 3.04. The number of imidazole rings is 1. The number of hydrogen-bond donors (Lipinski definition) is 1. The molecule has 2 heterocycles. The summed E-state index contributed by atoms with van der Waals surface area (Å²) in [6, 6.07) is 9.67. The number of nitrogens with one attached hydrogen (secondary N) is 1. The maximum absolute atomic E-state index is 12.1. The number of nitrogens with zero attached hydrogens (tertiary/aromatic N) is 5. The second kappa shape index (κ2) is 6.28. The van der Waals surface area contributed by atoms with E-state index in [4.69, 9.17) is 0 Å². The van der Waals surface area contributed by atoms with Gasteiger partial charge in [0.15, 0.2) is 5.56 Å². The van der Waals surface area contributed by atoms with Crippen LogP contribution in [0.5, 0.6) is 0 Å². The number of benzene rings is 1. The molecule has 0 saturated carbocycles. The summed E-state index contributed by atoms with van der Waals surface area (Å²) in [5.41, 5.74) is 0.691. The molecular weight excluding hydrogens is 320 g/mol. The van der Waals surface area contributed by atoms with Crippen molar-refractivity contribution in [3.63, 3.8) is 0 Å². The lowest BCUT2D eigenvalue weighted by Crippen LogP contribution is -2.39. The smallest absolute Gasteiger partial charge is 0.332 e. The lowest BCUT2D eigenvalue weighted by Gasteiger charge is -2.14. The van der Waals surface area contributed by atoms with Crippen LogP contribution in [-0.4, -0.2) is 18.7 Å². The Morgan fingerprint density at radius 2 is 1.92 bits per heavy atom. The number of rotatable bonds is 4. The van der Waals surface area contributed by atoms with Gasteiger partial charge in [0.1, 0.15) is 17.7 Å². The molecule has 8 heteroatoms. The van der Waals surface area contributed by atoms with Crippen molar-refractivity contribution < 1.29 is 0 Å². The molecule has 0 aliphatic heterocycles. The van der Waals surface area contributed by atoms with Crippen LogP contribution in [0.4, 0.5) is 5.82 Å². The van der Waals surface area contributed by atoms with Crippen LogP contribution in [0.2, 0.25) is 0 Å². The van der Waals surface area contributed by atoms with E-state index in [1.165, 1.54) is 18.7 Å². The molecule has 0 unspecified atom stereocenters. The molecule has 0 spiro atoms. The molecule has 0 aliphatic rings. The van der Waals surface area contributed by atoms with Crippen molar-refractivity contribution in [1.82, 2.24) is 18.7 Å². The first kappa shape index (κ1) is 16.5. The topological polar surface area (TPSA) is 97.6 Å². The Hall–Kier alpha value is -3.34. The SMILES string of the molecule is CCn1c(CNc2c(C#N)c(=O)n(C)c(=O)n2C)nc2ccccc21. The number of hydrogen-bond acceptors (Lipinski definition) is 5. The number of para-hydroxylation sites is 2. The van der Waals surface area contributed by atoms with Crippen molar-refractivity contribution in [2.24, 2.45) is 14.1 Å². The van der Waals surface area contributed by atoms with Crippen molar-refractivity contribution >= 4 is 16.9 Å². The van der Waals surface area contributed by atoms with Gasteiger partial charge in [0.05, 0.1) is 17.6 Å². The van der Waals surface area contributed by atoms with Crippen LogP contribution in [0.1, 0.15) is 18.3 Å².